The van der Waals surface area contributed by atoms with Crippen molar-refractivity contribution < 1.29 is 4.79 Å². The van der Waals surface area contributed by atoms with Crippen LogP contribution >= 0.6 is 0 Å². The van der Waals surface area contributed by atoms with E-state index in [1.165, 1.54) is 11.3 Å². The molecule has 2 heterocycles. The van der Waals surface area contributed by atoms with Gasteiger partial charge in [0.05, 0.1) is 11.4 Å². The number of fused-ring (bicyclic) bond motifs is 2. The zero-order valence-corrected chi connectivity index (χ0v) is 16.1. The van der Waals surface area contributed by atoms with Crippen LogP contribution in [0.5, 0.6) is 0 Å². The Balaban J connectivity index is 1.71. The molecule has 1 saturated heterocycles. The van der Waals surface area contributed by atoms with Gasteiger partial charge in [0.25, 0.3) is 0 Å². The number of piperidine rings is 1. The molecule has 5 heteroatoms. The van der Waals surface area contributed by atoms with Crippen molar-refractivity contribution in [1.82, 2.24) is 4.90 Å². The molecule has 2 aliphatic heterocycles. The fourth-order valence-corrected chi connectivity index (χ4v) is 4.69. The van der Waals surface area contributed by atoms with Gasteiger partial charge in [-0.1, -0.05) is 30.3 Å². The molecule has 3 N–H and O–H groups in total. The molecule has 0 atom stereocenters. The SMILES string of the molecule is CC(C)N1CCC2(CC1)CN(c1ccccc1NC(N)=O)c1ccccc12. The third-order valence-electron chi connectivity index (χ3n) is 6.17. The van der Waals surface area contributed by atoms with E-state index < -0.39 is 6.03 Å². The molecular weight excluding hydrogens is 336 g/mol. The molecule has 2 aromatic rings. The maximum Gasteiger partial charge on any atom is 0.316 e. The fraction of sp³-hybridized carbons (Fsp3) is 0.409. The Bertz CT molecular complexity index is 840. The van der Waals surface area contributed by atoms with Gasteiger partial charge < -0.3 is 20.9 Å². The lowest BCUT2D eigenvalue weighted by Gasteiger charge is -2.41. The first-order valence-electron chi connectivity index (χ1n) is 9.77. The number of hydrogen-bond donors (Lipinski definition) is 2. The van der Waals surface area contributed by atoms with Gasteiger partial charge >= 0.3 is 6.03 Å². The largest absolute Gasteiger partial charge is 0.351 e. The summed E-state index contributed by atoms with van der Waals surface area (Å²) in [7, 11) is 0. The van der Waals surface area contributed by atoms with Gasteiger partial charge in [-0.05, 0) is 63.5 Å². The second-order valence-corrected chi connectivity index (χ2v) is 8.02. The molecule has 0 saturated carbocycles. The van der Waals surface area contributed by atoms with Crippen molar-refractivity contribution in [2.75, 3.05) is 29.9 Å². The zero-order valence-electron chi connectivity index (χ0n) is 16.1. The van der Waals surface area contributed by atoms with Crippen molar-refractivity contribution in [3.05, 3.63) is 54.1 Å². The van der Waals surface area contributed by atoms with Gasteiger partial charge in [-0.25, -0.2) is 4.79 Å². The van der Waals surface area contributed by atoms with E-state index in [0.29, 0.717) is 6.04 Å². The summed E-state index contributed by atoms with van der Waals surface area (Å²) >= 11 is 0. The maximum atomic E-state index is 11.5. The Morgan fingerprint density at radius 2 is 1.67 bits per heavy atom. The molecule has 2 aromatic carbocycles. The van der Waals surface area contributed by atoms with Crippen molar-refractivity contribution in [2.45, 2.75) is 38.1 Å². The molecule has 0 bridgehead atoms. The molecule has 4 rings (SSSR count). The molecule has 0 unspecified atom stereocenters. The Labute approximate surface area is 161 Å². The Morgan fingerprint density at radius 3 is 2.33 bits per heavy atom. The number of hydrogen-bond acceptors (Lipinski definition) is 3. The Kier molecular flexibility index (Phi) is 4.56. The number of nitrogens with two attached hydrogens (primary N) is 1. The minimum atomic E-state index is -0.533. The van der Waals surface area contributed by atoms with Crippen molar-refractivity contribution in [1.29, 1.82) is 0 Å². The summed E-state index contributed by atoms with van der Waals surface area (Å²) in [6.07, 6.45) is 2.31. The summed E-state index contributed by atoms with van der Waals surface area (Å²) < 4.78 is 0. The molecule has 1 spiro atoms. The topological polar surface area (TPSA) is 61.6 Å². The highest BCUT2D eigenvalue weighted by Gasteiger charge is 2.45. The highest BCUT2D eigenvalue weighted by molar-refractivity contribution is 5.93. The van der Waals surface area contributed by atoms with Crippen molar-refractivity contribution in [3.63, 3.8) is 0 Å². The van der Waals surface area contributed by atoms with Gasteiger partial charge in [0, 0.05) is 23.7 Å². The quantitative estimate of drug-likeness (QED) is 0.863. The number of nitrogens with zero attached hydrogens (tertiary/aromatic N) is 2. The van der Waals surface area contributed by atoms with Crippen LogP contribution < -0.4 is 16.0 Å². The van der Waals surface area contributed by atoms with E-state index >= 15 is 0 Å². The first-order valence-corrected chi connectivity index (χ1v) is 9.77. The lowest BCUT2D eigenvalue weighted by molar-refractivity contribution is 0.136. The van der Waals surface area contributed by atoms with E-state index in [4.69, 9.17) is 5.73 Å². The standard InChI is InChI=1S/C22H28N4O/c1-16(2)25-13-11-22(12-14-25)15-26(19-9-5-3-7-17(19)22)20-10-6-4-8-18(20)24-21(23)27/h3-10,16H,11-15H2,1-2H3,(H3,23,24,27). The second kappa shape index (κ2) is 6.89. The lowest BCUT2D eigenvalue weighted by atomic mass is 9.74. The van der Waals surface area contributed by atoms with Crippen molar-refractivity contribution in [3.8, 4) is 0 Å². The molecule has 0 aliphatic carbocycles. The molecule has 142 valence electrons. The lowest BCUT2D eigenvalue weighted by Crippen LogP contribution is -2.46. The third kappa shape index (κ3) is 3.16. The van der Waals surface area contributed by atoms with Gasteiger partial charge in [-0.15, -0.1) is 0 Å². The number of carbonyl (C=O) groups excluding carboxylic acids is 1. The van der Waals surface area contributed by atoms with Crippen LogP contribution in [0.2, 0.25) is 0 Å². The predicted molar refractivity (Wildman–Crippen MR) is 111 cm³/mol. The molecule has 27 heavy (non-hydrogen) atoms. The van der Waals surface area contributed by atoms with Crippen LogP contribution in [0.3, 0.4) is 0 Å². The average Bonchev–Trinajstić information content (AvgIpc) is 2.97. The monoisotopic (exact) mass is 364 g/mol. The minimum Gasteiger partial charge on any atom is -0.351 e. The molecule has 0 radical (unpaired) electrons. The fourth-order valence-electron chi connectivity index (χ4n) is 4.69. The number of nitrogens with one attached hydrogen (secondary N) is 1. The van der Waals surface area contributed by atoms with Crippen LogP contribution in [0.4, 0.5) is 21.9 Å². The third-order valence-corrected chi connectivity index (χ3v) is 6.17. The number of para-hydroxylation sites is 3. The second-order valence-electron chi connectivity index (χ2n) is 8.02. The summed E-state index contributed by atoms with van der Waals surface area (Å²) in [5.74, 6) is 0. The molecule has 0 aromatic heterocycles. The minimum absolute atomic E-state index is 0.168. The first-order chi connectivity index (χ1) is 13.0. The van der Waals surface area contributed by atoms with Gasteiger partial charge in [0.15, 0.2) is 0 Å². The van der Waals surface area contributed by atoms with Crippen LogP contribution in [0.15, 0.2) is 48.5 Å². The van der Waals surface area contributed by atoms with E-state index in [1.807, 2.05) is 18.2 Å². The van der Waals surface area contributed by atoms with Crippen LogP contribution in [-0.2, 0) is 5.41 Å². The van der Waals surface area contributed by atoms with E-state index in [2.05, 4.69) is 59.3 Å². The van der Waals surface area contributed by atoms with E-state index in [9.17, 15) is 4.79 Å². The molecule has 1 fully saturated rings. The summed E-state index contributed by atoms with van der Waals surface area (Å²) in [5.41, 5.74) is 10.0. The Hall–Kier alpha value is -2.53. The first kappa shape index (κ1) is 17.9. The van der Waals surface area contributed by atoms with Crippen molar-refractivity contribution >= 4 is 23.1 Å². The predicted octanol–water partition coefficient (Wildman–Crippen LogP) is 4.07. The number of benzene rings is 2. The summed E-state index contributed by atoms with van der Waals surface area (Å²) in [6, 6.07) is 16.7. The van der Waals surface area contributed by atoms with Gasteiger partial charge in [-0.3, -0.25) is 0 Å². The molecule has 5 nitrogen and oxygen atoms in total. The number of urea groups is 1. The normalized spacial score (nSPS) is 18.7. The number of carbonyl (C=O) groups is 1. The summed E-state index contributed by atoms with van der Waals surface area (Å²) in [6.45, 7) is 7.75. The highest BCUT2D eigenvalue weighted by atomic mass is 16.2. The van der Waals surface area contributed by atoms with Gasteiger partial charge in [-0.2, -0.15) is 0 Å². The molecule has 2 aliphatic rings. The van der Waals surface area contributed by atoms with Crippen molar-refractivity contribution in [2.24, 2.45) is 5.73 Å². The molecule has 2 amide bonds. The number of primary amides is 1. The average molecular weight is 364 g/mol. The van der Waals surface area contributed by atoms with Crippen LogP contribution in [0.1, 0.15) is 32.3 Å². The van der Waals surface area contributed by atoms with Crippen LogP contribution in [0.25, 0.3) is 0 Å². The van der Waals surface area contributed by atoms with Gasteiger partial charge in [0.2, 0.25) is 0 Å². The molecular formula is C22H28N4O. The number of likely N-dealkylation sites (tertiary alicyclic amines) is 1. The number of rotatable bonds is 3. The van der Waals surface area contributed by atoms with Gasteiger partial charge in [0.1, 0.15) is 0 Å². The van der Waals surface area contributed by atoms with E-state index in [0.717, 1.165) is 43.9 Å². The summed E-state index contributed by atoms with van der Waals surface area (Å²) in [4.78, 5) is 16.4. The smallest absolute Gasteiger partial charge is 0.316 e. The Morgan fingerprint density at radius 1 is 1.04 bits per heavy atom. The number of amides is 2. The maximum absolute atomic E-state index is 11.5. The highest BCUT2D eigenvalue weighted by Crippen LogP contribution is 2.50. The van der Waals surface area contributed by atoms with Crippen LogP contribution in [-0.4, -0.2) is 36.6 Å². The van der Waals surface area contributed by atoms with E-state index in [1.54, 1.807) is 0 Å². The number of anilines is 3. The van der Waals surface area contributed by atoms with Crippen LogP contribution in [0, 0.1) is 0 Å². The zero-order chi connectivity index (χ0) is 19.0. The van der Waals surface area contributed by atoms with E-state index in [-0.39, 0.29) is 5.41 Å². The summed E-state index contributed by atoms with van der Waals surface area (Å²) in [5, 5.41) is 2.78.